The quantitative estimate of drug-likeness (QED) is 0.861. The van der Waals surface area contributed by atoms with Crippen LogP contribution in [0.2, 0.25) is 0 Å². The molecule has 0 bridgehead atoms. The molecule has 0 radical (unpaired) electrons. The summed E-state index contributed by atoms with van der Waals surface area (Å²) in [5, 5.41) is 0. The summed E-state index contributed by atoms with van der Waals surface area (Å²) in [4.78, 5) is 11.3. The van der Waals surface area contributed by atoms with E-state index < -0.39 is 0 Å². The number of hydrogen-bond donors (Lipinski definition) is 1. The maximum absolute atomic E-state index is 5.96. The van der Waals surface area contributed by atoms with E-state index in [0.717, 1.165) is 36.8 Å². The van der Waals surface area contributed by atoms with Crippen molar-refractivity contribution in [2.24, 2.45) is 11.7 Å². The second-order valence-electron chi connectivity index (χ2n) is 4.97. The molecule has 1 fully saturated rings. The molecule has 1 aliphatic rings. The molecule has 2 unspecified atom stereocenters. The highest BCUT2D eigenvalue weighted by molar-refractivity contribution is 5.41. The zero-order valence-corrected chi connectivity index (χ0v) is 11.0. The van der Waals surface area contributed by atoms with Crippen molar-refractivity contribution in [3.05, 3.63) is 17.6 Å². The molecule has 2 rings (SSSR count). The fraction of sp³-hybridized carbons (Fsp3) is 0.692. The zero-order valence-electron chi connectivity index (χ0n) is 11.0. The van der Waals surface area contributed by atoms with Gasteiger partial charge in [0.15, 0.2) is 0 Å². The van der Waals surface area contributed by atoms with Crippen LogP contribution in [0.15, 0.2) is 6.07 Å². The molecule has 0 aliphatic carbocycles. The number of rotatable bonds is 3. The van der Waals surface area contributed by atoms with Gasteiger partial charge in [0.1, 0.15) is 11.6 Å². The van der Waals surface area contributed by atoms with E-state index in [1.807, 2.05) is 6.92 Å². The van der Waals surface area contributed by atoms with E-state index in [4.69, 9.17) is 5.73 Å². The summed E-state index contributed by atoms with van der Waals surface area (Å²) < 4.78 is 0. The minimum absolute atomic E-state index is 0.272. The first-order valence-electron chi connectivity index (χ1n) is 6.45. The van der Waals surface area contributed by atoms with Crippen LogP contribution in [0.4, 0.5) is 5.82 Å². The molecule has 1 aromatic heterocycles. The number of aryl methyl sites for hydroxylation is 2. The fourth-order valence-corrected chi connectivity index (χ4v) is 2.38. The van der Waals surface area contributed by atoms with E-state index >= 15 is 0 Å². The summed E-state index contributed by atoms with van der Waals surface area (Å²) in [7, 11) is 0. The van der Waals surface area contributed by atoms with Gasteiger partial charge >= 0.3 is 0 Å². The lowest BCUT2D eigenvalue weighted by Gasteiger charge is -2.19. The minimum Gasteiger partial charge on any atom is -0.356 e. The maximum atomic E-state index is 5.96. The monoisotopic (exact) mass is 234 g/mol. The Hall–Kier alpha value is -1.16. The molecule has 4 heteroatoms. The first-order chi connectivity index (χ1) is 8.10. The van der Waals surface area contributed by atoms with Gasteiger partial charge in [-0.2, -0.15) is 0 Å². The lowest BCUT2D eigenvalue weighted by Crippen LogP contribution is -2.30. The molecule has 2 N–H and O–H groups in total. The van der Waals surface area contributed by atoms with Gasteiger partial charge in [-0.25, -0.2) is 9.97 Å². The average Bonchev–Trinajstić information content (AvgIpc) is 2.77. The van der Waals surface area contributed by atoms with Crippen LogP contribution >= 0.6 is 0 Å². The van der Waals surface area contributed by atoms with Crippen LogP contribution in [0, 0.1) is 12.8 Å². The van der Waals surface area contributed by atoms with E-state index in [1.54, 1.807) is 0 Å². The van der Waals surface area contributed by atoms with Crippen molar-refractivity contribution in [2.75, 3.05) is 18.0 Å². The molecule has 0 spiro atoms. The largest absolute Gasteiger partial charge is 0.356 e. The van der Waals surface area contributed by atoms with Crippen LogP contribution in [0.3, 0.4) is 0 Å². The number of nitrogens with zero attached hydrogens (tertiary/aromatic N) is 3. The first-order valence-corrected chi connectivity index (χ1v) is 6.45. The van der Waals surface area contributed by atoms with E-state index in [0.29, 0.717) is 5.92 Å². The Bertz CT molecular complexity index is 389. The molecule has 1 saturated heterocycles. The Morgan fingerprint density at radius 2 is 2.29 bits per heavy atom. The molecule has 94 valence electrons. The third-order valence-corrected chi connectivity index (χ3v) is 3.53. The van der Waals surface area contributed by atoms with Crippen molar-refractivity contribution >= 4 is 5.82 Å². The molecule has 1 aromatic rings. The molecule has 2 heterocycles. The molecule has 0 amide bonds. The molecular weight excluding hydrogens is 212 g/mol. The van der Waals surface area contributed by atoms with Crippen LogP contribution in [0.1, 0.15) is 31.8 Å². The van der Waals surface area contributed by atoms with Crippen molar-refractivity contribution < 1.29 is 0 Å². The maximum Gasteiger partial charge on any atom is 0.132 e. The molecule has 2 atom stereocenters. The molecule has 0 saturated carbocycles. The van der Waals surface area contributed by atoms with Gasteiger partial charge < -0.3 is 10.6 Å². The Kier molecular flexibility index (Phi) is 3.62. The van der Waals surface area contributed by atoms with Gasteiger partial charge in [-0.3, -0.25) is 0 Å². The molecule has 0 aromatic carbocycles. The lowest BCUT2D eigenvalue weighted by atomic mass is 10.0. The molecule has 1 aliphatic heterocycles. The lowest BCUT2D eigenvalue weighted by molar-refractivity contribution is 0.488. The van der Waals surface area contributed by atoms with Gasteiger partial charge in [-0.15, -0.1) is 0 Å². The average molecular weight is 234 g/mol. The van der Waals surface area contributed by atoms with Crippen molar-refractivity contribution in [3.8, 4) is 0 Å². The van der Waals surface area contributed by atoms with Crippen LogP contribution < -0.4 is 10.6 Å². The molecular formula is C13H22N4. The van der Waals surface area contributed by atoms with E-state index in [2.05, 4.69) is 34.8 Å². The highest BCUT2D eigenvalue weighted by atomic mass is 15.2. The van der Waals surface area contributed by atoms with E-state index in [1.165, 1.54) is 6.42 Å². The molecule has 4 nitrogen and oxygen atoms in total. The van der Waals surface area contributed by atoms with Crippen LogP contribution in [-0.2, 0) is 6.42 Å². The smallest absolute Gasteiger partial charge is 0.132 e. The highest BCUT2D eigenvalue weighted by Gasteiger charge is 2.26. The minimum atomic E-state index is 0.272. The summed E-state index contributed by atoms with van der Waals surface area (Å²) in [5.41, 5.74) is 7.09. The second-order valence-corrected chi connectivity index (χ2v) is 4.97. The SMILES string of the molecule is CCc1cc(N2CCC(C(C)N)C2)nc(C)n1. The third kappa shape index (κ3) is 2.75. The van der Waals surface area contributed by atoms with Crippen molar-refractivity contribution in [1.29, 1.82) is 0 Å². The van der Waals surface area contributed by atoms with Gasteiger partial charge in [-0.05, 0) is 32.6 Å². The topological polar surface area (TPSA) is 55.0 Å². The van der Waals surface area contributed by atoms with Crippen LogP contribution in [0.25, 0.3) is 0 Å². The van der Waals surface area contributed by atoms with E-state index in [-0.39, 0.29) is 6.04 Å². The molecule has 17 heavy (non-hydrogen) atoms. The van der Waals surface area contributed by atoms with Gasteiger partial charge in [-0.1, -0.05) is 6.92 Å². The van der Waals surface area contributed by atoms with E-state index in [9.17, 15) is 0 Å². The Morgan fingerprint density at radius 3 is 2.88 bits per heavy atom. The Labute approximate surface area is 103 Å². The highest BCUT2D eigenvalue weighted by Crippen LogP contribution is 2.24. The Morgan fingerprint density at radius 1 is 1.53 bits per heavy atom. The van der Waals surface area contributed by atoms with Gasteiger partial charge in [0.2, 0.25) is 0 Å². The van der Waals surface area contributed by atoms with Crippen molar-refractivity contribution in [1.82, 2.24) is 9.97 Å². The number of anilines is 1. The zero-order chi connectivity index (χ0) is 12.4. The summed E-state index contributed by atoms with van der Waals surface area (Å²) in [6.45, 7) is 8.27. The Balaban J connectivity index is 2.15. The number of aromatic nitrogens is 2. The summed E-state index contributed by atoms with van der Waals surface area (Å²) in [6.07, 6.45) is 2.13. The van der Waals surface area contributed by atoms with Gasteiger partial charge in [0, 0.05) is 30.9 Å². The van der Waals surface area contributed by atoms with Crippen LogP contribution in [0.5, 0.6) is 0 Å². The standard InChI is InChI=1S/C13H22N4/c1-4-12-7-13(16-10(3)15-12)17-6-5-11(8-17)9(2)14/h7,9,11H,4-6,8,14H2,1-3H3. The van der Waals surface area contributed by atoms with Crippen molar-refractivity contribution in [3.63, 3.8) is 0 Å². The normalized spacial score (nSPS) is 21.9. The predicted octanol–water partition coefficient (Wildman–Crippen LogP) is 1.52. The first kappa shape index (κ1) is 12.3. The summed E-state index contributed by atoms with van der Waals surface area (Å²) in [5.74, 6) is 2.52. The number of nitrogens with two attached hydrogens (primary N) is 1. The second kappa shape index (κ2) is 5.00. The fourth-order valence-electron chi connectivity index (χ4n) is 2.38. The van der Waals surface area contributed by atoms with Gasteiger partial charge in [0.25, 0.3) is 0 Å². The number of hydrogen-bond acceptors (Lipinski definition) is 4. The van der Waals surface area contributed by atoms with Crippen LogP contribution in [-0.4, -0.2) is 29.1 Å². The summed E-state index contributed by atoms with van der Waals surface area (Å²) >= 11 is 0. The third-order valence-electron chi connectivity index (χ3n) is 3.53. The van der Waals surface area contributed by atoms with Gasteiger partial charge in [0.05, 0.1) is 0 Å². The predicted molar refractivity (Wildman–Crippen MR) is 70.1 cm³/mol. The summed E-state index contributed by atoms with van der Waals surface area (Å²) in [6, 6.07) is 2.38. The van der Waals surface area contributed by atoms with Crippen molar-refractivity contribution in [2.45, 2.75) is 39.7 Å².